The summed E-state index contributed by atoms with van der Waals surface area (Å²) in [6.07, 6.45) is 0. The standard InChI is InChI=1S/C12H14FNO3/c1-2-16-8-12(15)14-5-6-17-11-7-9(13)3-4-10(11)14/h3-4,7H,2,5-6,8H2,1H3. The Morgan fingerprint density at radius 3 is 3.18 bits per heavy atom. The third-order valence-corrected chi connectivity index (χ3v) is 2.52. The van der Waals surface area contributed by atoms with Gasteiger partial charge in [-0.15, -0.1) is 0 Å². The minimum Gasteiger partial charge on any atom is -0.489 e. The number of carbonyl (C=O) groups excluding carboxylic acids is 1. The van der Waals surface area contributed by atoms with Crippen LogP contribution < -0.4 is 9.64 Å². The molecule has 0 saturated heterocycles. The SMILES string of the molecule is CCOCC(=O)N1CCOc2cc(F)ccc21. The van der Waals surface area contributed by atoms with E-state index in [0.29, 0.717) is 31.2 Å². The number of anilines is 1. The molecule has 17 heavy (non-hydrogen) atoms. The molecule has 0 aliphatic carbocycles. The van der Waals surface area contributed by atoms with E-state index in [1.54, 1.807) is 11.0 Å². The van der Waals surface area contributed by atoms with Crippen LogP contribution in [0.4, 0.5) is 10.1 Å². The third kappa shape index (κ3) is 2.55. The second-order valence-electron chi connectivity index (χ2n) is 3.64. The van der Waals surface area contributed by atoms with Gasteiger partial charge in [0.2, 0.25) is 0 Å². The Labute approximate surface area is 98.9 Å². The van der Waals surface area contributed by atoms with Crippen LogP contribution >= 0.6 is 0 Å². The Kier molecular flexibility index (Phi) is 3.58. The van der Waals surface area contributed by atoms with Gasteiger partial charge >= 0.3 is 0 Å². The second kappa shape index (κ2) is 5.14. The van der Waals surface area contributed by atoms with Crippen molar-refractivity contribution in [2.24, 2.45) is 0 Å². The van der Waals surface area contributed by atoms with Crippen molar-refractivity contribution >= 4 is 11.6 Å². The van der Waals surface area contributed by atoms with Crippen LogP contribution in [0.1, 0.15) is 6.92 Å². The predicted molar refractivity (Wildman–Crippen MR) is 60.7 cm³/mol. The van der Waals surface area contributed by atoms with E-state index in [2.05, 4.69) is 0 Å². The summed E-state index contributed by atoms with van der Waals surface area (Å²) in [5, 5.41) is 0. The van der Waals surface area contributed by atoms with Crippen molar-refractivity contribution in [1.29, 1.82) is 0 Å². The summed E-state index contributed by atoms with van der Waals surface area (Å²) < 4.78 is 23.4. The molecule has 1 aromatic carbocycles. The molecule has 1 aromatic rings. The number of nitrogens with zero attached hydrogens (tertiary/aromatic N) is 1. The van der Waals surface area contributed by atoms with E-state index in [9.17, 15) is 9.18 Å². The Morgan fingerprint density at radius 1 is 1.59 bits per heavy atom. The third-order valence-electron chi connectivity index (χ3n) is 2.52. The maximum absolute atomic E-state index is 13.0. The quantitative estimate of drug-likeness (QED) is 0.804. The van der Waals surface area contributed by atoms with Crippen molar-refractivity contribution in [2.75, 3.05) is 31.3 Å². The molecule has 92 valence electrons. The lowest BCUT2D eigenvalue weighted by Gasteiger charge is -2.29. The highest BCUT2D eigenvalue weighted by atomic mass is 19.1. The lowest BCUT2D eigenvalue weighted by molar-refractivity contribution is -0.123. The molecule has 1 heterocycles. The Bertz CT molecular complexity index is 422. The first-order chi connectivity index (χ1) is 8.22. The minimum atomic E-state index is -0.372. The molecule has 5 heteroatoms. The zero-order chi connectivity index (χ0) is 12.3. The number of carbonyl (C=O) groups is 1. The topological polar surface area (TPSA) is 38.8 Å². The molecule has 1 amide bonds. The summed E-state index contributed by atoms with van der Waals surface area (Å²) in [5.74, 6) is -0.105. The molecule has 0 spiro atoms. The van der Waals surface area contributed by atoms with Gasteiger partial charge in [0.05, 0.1) is 12.2 Å². The molecule has 0 bridgehead atoms. The first-order valence-electron chi connectivity index (χ1n) is 5.53. The normalized spacial score (nSPS) is 14.1. The highest BCUT2D eigenvalue weighted by Gasteiger charge is 2.23. The van der Waals surface area contributed by atoms with Gasteiger partial charge in [0.25, 0.3) is 5.91 Å². The molecule has 0 unspecified atom stereocenters. The molecule has 0 N–H and O–H groups in total. The van der Waals surface area contributed by atoms with Crippen LogP contribution in [0.2, 0.25) is 0 Å². The lowest BCUT2D eigenvalue weighted by Crippen LogP contribution is -2.40. The van der Waals surface area contributed by atoms with Gasteiger partial charge in [-0.1, -0.05) is 0 Å². The van der Waals surface area contributed by atoms with Crippen molar-refractivity contribution in [1.82, 2.24) is 0 Å². The van der Waals surface area contributed by atoms with E-state index in [0.717, 1.165) is 0 Å². The second-order valence-corrected chi connectivity index (χ2v) is 3.64. The highest BCUT2D eigenvalue weighted by molar-refractivity contribution is 5.96. The fourth-order valence-electron chi connectivity index (χ4n) is 1.72. The number of hydrogen-bond donors (Lipinski definition) is 0. The van der Waals surface area contributed by atoms with E-state index < -0.39 is 0 Å². The summed E-state index contributed by atoms with van der Waals surface area (Å²) in [6.45, 7) is 3.19. The molecule has 0 saturated carbocycles. The van der Waals surface area contributed by atoms with Crippen LogP contribution in [0.5, 0.6) is 5.75 Å². The zero-order valence-corrected chi connectivity index (χ0v) is 9.61. The van der Waals surface area contributed by atoms with Crippen molar-refractivity contribution in [3.63, 3.8) is 0 Å². The van der Waals surface area contributed by atoms with Gasteiger partial charge in [0.1, 0.15) is 24.8 Å². The van der Waals surface area contributed by atoms with E-state index >= 15 is 0 Å². The molecule has 4 nitrogen and oxygen atoms in total. The maximum Gasteiger partial charge on any atom is 0.253 e. The molecular formula is C12H14FNO3. The number of hydrogen-bond acceptors (Lipinski definition) is 3. The van der Waals surface area contributed by atoms with Gasteiger partial charge in [-0.3, -0.25) is 4.79 Å². The fourth-order valence-corrected chi connectivity index (χ4v) is 1.72. The van der Waals surface area contributed by atoms with Crippen LogP contribution in [0.15, 0.2) is 18.2 Å². The van der Waals surface area contributed by atoms with Crippen molar-refractivity contribution in [2.45, 2.75) is 6.92 Å². The van der Waals surface area contributed by atoms with Gasteiger partial charge in [-0.05, 0) is 19.1 Å². The molecular weight excluding hydrogens is 225 g/mol. The zero-order valence-electron chi connectivity index (χ0n) is 9.61. The summed E-state index contributed by atoms with van der Waals surface area (Å²) in [7, 11) is 0. The van der Waals surface area contributed by atoms with E-state index in [1.165, 1.54) is 12.1 Å². The van der Waals surface area contributed by atoms with Crippen LogP contribution in [0.25, 0.3) is 0 Å². The first-order valence-corrected chi connectivity index (χ1v) is 5.53. The van der Waals surface area contributed by atoms with Gasteiger partial charge in [0, 0.05) is 12.7 Å². The number of fused-ring (bicyclic) bond motifs is 1. The van der Waals surface area contributed by atoms with E-state index in [4.69, 9.17) is 9.47 Å². The number of halogens is 1. The minimum absolute atomic E-state index is 0.0350. The Morgan fingerprint density at radius 2 is 2.41 bits per heavy atom. The smallest absolute Gasteiger partial charge is 0.253 e. The summed E-state index contributed by atoms with van der Waals surface area (Å²) in [5.41, 5.74) is 0.599. The van der Waals surface area contributed by atoms with Crippen LogP contribution in [-0.4, -0.2) is 32.3 Å². The van der Waals surface area contributed by atoms with Gasteiger partial charge in [-0.25, -0.2) is 4.39 Å². The Hall–Kier alpha value is -1.62. The number of amides is 1. The highest BCUT2D eigenvalue weighted by Crippen LogP contribution is 2.32. The largest absolute Gasteiger partial charge is 0.489 e. The molecule has 0 fully saturated rings. The Balaban J connectivity index is 2.19. The molecule has 1 aliphatic heterocycles. The first kappa shape index (κ1) is 11.9. The fraction of sp³-hybridized carbons (Fsp3) is 0.417. The summed E-state index contributed by atoms with van der Waals surface area (Å²) in [4.78, 5) is 13.4. The van der Waals surface area contributed by atoms with E-state index in [1.807, 2.05) is 6.92 Å². The van der Waals surface area contributed by atoms with Crippen LogP contribution in [-0.2, 0) is 9.53 Å². The van der Waals surface area contributed by atoms with Gasteiger partial charge in [0.15, 0.2) is 0 Å². The van der Waals surface area contributed by atoms with Crippen LogP contribution in [0, 0.1) is 5.82 Å². The number of ether oxygens (including phenoxy) is 2. The number of benzene rings is 1. The molecule has 0 atom stereocenters. The molecule has 2 rings (SSSR count). The summed E-state index contributed by atoms with van der Waals surface area (Å²) in [6, 6.07) is 4.15. The van der Waals surface area contributed by atoms with Gasteiger partial charge in [-0.2, -0.15) is 0 Å². The number of rotatable bonds is 3. The van der Waals surface area contributed by atoms with Crippen molar-refractivity contribution in [3.05, 3.63) is 24.0 Å². The average molecular weight is 239 g/mol. The average Bonchev–Trinajstić information content (AvgIpc) is 2.34. The van der Waals surface area contributed by atoms with E-state index in [-0.39, 0.29) is 18.3 Å². The molecule has 0 aromatic heterocycles. The van der Waals surface area contributed by atoms with Gasteiger partial charge < -0.3 is 14.4 Å². The van der Waals surface area contributed by atoms with Crippen molar-refractivity contribution < 1.29 is 18.7 Å². The monoisotopic (exact) mass is 239 g/mol. The van der Waals surface area contributed by atoms with Crippen molar-refractivity contribution in [3.8, 4) is 5.75 Å². The van der Waals surface area contributed by atoms with Crippen LogP contribution in [0.3, 0.4) is 0 Å². The summed E-state index contributed by atoms with van der Waals surface area (Å²) >= 11 is 0. The molecule has 1 aliphatic rings. The maximum atomic E-state index is 13.0. The lowest BCUT2D eigenvalue weighted by atomic mass is 10.2. The molecule has 0 radical (unpaired) electrons. The predicted octanol–water partition coefficient (Wildman–Crippen LogP) is 1.59.